The third kappa shape index (κ3) is 4.74. The Hall–Kier alpha value is -4.55. The summed E-state index contributed by atoms with van der Waals surface area (Å²) in [5, 5.41) is 13.3. The summed E-state index contributed by atoms with van der Waals surface area (Å²) < 4.78 is 23.7. The van der Waals surface area contributed by atoms with Gasteiger partial charge in [0.2, 0.25) is 6.79 Å². The number of pyridine rings is 2. The number of benzene rings is 1. The number of hydrogen-bond donors (Lipinski definition) is 1. The van der Waals surface area contributed by atoms with Crippen molar-refractivity contribution in [3.05, 3.63) is 94.2 Å². The predicted octanol–water partition coefficient (Wildman–Crippen LogP) is 2.67. The van der Waals surface area contributed by atoms with Gasteiger partial charge in [0.25, 0.3) is 5.56 Å². The fourth-order valence-electron chi connectivity index (χ4n) is 4.63. The van der Waals surface area contributed by atoms with Gasteiger partial charge in [0.05, 0.1) is 31.5 Å². The molecule has 1 aliphatic rings. The number of furan rings is 1. The van der Waals surface area contributed by atoms with Gasteiger partial charge in [-0.25, -0.2) is 4.68 Å². The molecule has 1 aromatic carbocycles. The van der Waals surface area contributed by atoms with E-state index in [0.717, 1.165) is 16.7 Å². The van der Waals surface area contributed by atoms with Crippen LogP contribution in [0.5, 0.6) is 11.5 Å². The highest BCUT2D eigenvalue weighted by Gasteiger charge is 2.32. The molecule has 4 aromatic heterocycles. The van der Waals surface area contributed by atoms with Gasteiger partial charge in [0.1, 0.15) is 11.8 Å². The maximum absolute atomic E-state index is 13.7. The first-order valence-corrected chi connectivity index (χ1v) is 12.1. The molecule has 0 unspecified atom stereocenters. The molecular formula is C26H25N7O5. The van der Waals surface area contributed by atoms with Crippen molar-refractivity contribution < 1.29 is 18.6 Å². The van der Waals surface area contributed by atoms with Gasteiger partial charge in [-0.15, -0.1) is 5.10 Å². The summed E-state index contributed by atoms with van der Waals surface area (Å²) in [6, 6.07) is 12.5. The van der Waals surface area contributed by atoms with Crippen molar-refractivity contribution in [1.29, 1.82) is 0 Å². The molecule has 0 spiro atoms. The van der Waals surface area contributed by atoms with E-state index in [1.807, 2.05) is 36.4 Å². The first-order valence-electron chi connectivity index (χ1n) is 12.1. The van der Waals surface area contributed by atoms with Crippen LogP contribution in [0.3, 0.4) is 0 Å². The number of hydrogen-bond acceptors (Lipinski definition) is 10. The summed E-state index contributed by atoms with van der Waals surface area (Å²) in [5.74, 6) is 2.45. The van der Waals surface area contributed by atoms with Crippen molar-refractivity contribution in [2.24, 2.45) is 0 Å². The minimum Gasteiger partial charge on any atom is -0.468 e. The minimum absolute atomic E-state index is 0.141. The Morgan fingerprint density at radius 1 is 1.16 bits per heavy atom. The van der Waals surface area contributed by atoms with Gasteiger partial charge in [-0.1, -0.05) is 6.07 Å². The summed E-state index contributed by atoms with van der Waals surface area (Å²) >= 11 is 0. The van der Waals surface area contributed by atoms with Crippen molar-refractivity contribution in [3.8, 4) is 11.5 Å². The van der Waals surface area contributed by atoms with Crippen molar-refractivity contribution >= 4 is 10.9 Å². The van der Waals surface area contributed by atoms with E-state index in [9.17, 15) is 4.79 Å². The monoisotopic (exact) mass is 515 g/mol. The first kappa shape index (κ1) is 23.8. The summed E-state index contributed by atoms with van der Waals surface area (Å²) in [4.78, 5) is 23.0. The zero-order chi connectivity index (χ0) is 25.9. The van der Waals surface area contributed by atoms with Crippen LogP contribution in [-0.4, -0.2) is 55.6 Å². The number of tetrazole rings is 1. The number of rotatable bonds is 10. The van der Waals surface area contributed by atoms with E-state index in [-0.39, 0.29) is 12.4 Å². The lowest BCUT2D eigenvalue weighted by Gasteiger charge is -2.30. The van der Waals surface area contributed by atoms with Gasteiger partial charge in [-0.2, -0.15) is 0 Å². The quantitative estimate of drug-likeness (QED) is 0.296. The van der Waals surface area contributed by atoms with E-state index in [1.54, 1.807) is 36.5 Å². The molecule has 5 heterocycles. The summed E-state index contributed by atoms with van der Waals surface area (Å²) in [6.45, 7) is 1.81. The smallest absolute Gasteiger partial charge is 0.253 e. The lowest BCUT2D eigenvalue weighted by molar-refractivity contribution is 0.163. The van der Waals surface area contributed by atoms with Crippen LogP contribution in [0, 0.1) is 0 Å². The SMILES string of the molecule is COCCn1nnnc1[C@@H](c1cc2cc3c(cc2[nH]c1=O)OCO3)N(Cc1cccnc1)Cc1ccco1. The maximum Gasteiger partial charge on any atom is 0.253 e. The second-order valence-electron chi connectivity index (χ2n) is 8.85. The third-order valence-corrected chi connectivity index (χ3v) is 6.38. The predicted molar refractivity (Wildman–Crippen MR) is 134 cm³/mol. The molecular weight excluding hydrogens is 490 g/mol. The van der Waals surface area contributed by atoms with Crippen LogP contribution in [0.25, 0.3) is 10.9 Å². The molecule has 0 bridgehead atoms. The second-order valence-corrected chi connectivity index (χ2v) is 8.85. The van der Waals surface area contributed by atoms with Gasteiger partial charge < -0.3 is 23.6 Å². The maximum atomic E-state index is 13.7. The molecule has 0 radical (unpaired) electrons. The molecule has 5 aromatic rings. The molecule has 1 atom stereocenters. The van der Waals surface area contributed by atoms with E-state index in [1.165, 1.54) is 0 Å². The number of aromatic amines is 1. The van der Waals surface area contributed by atoms with Gasteiger partial charge in [0.15, 0.2) is 17.3 Å². The Morgan fingerprint density at radius 3 is 2.84 bits per heavy atom. The molecule has 1 aliphatic heterocycles. The molecule has 12 heteroatoms. The number of ether oxygens (including phenoxy) is 3. The molecule has 0 amide bonds. The summed E-state index contributed by atoms with van der Waals surface area (Å²) in [5.41, 5.74) is 1.81. The van der Waals surface area contributed by atoms with Gasteiger partial charge in [-0.05, 0) is 46.3 Å². The van der Waals surface area contributed by atoms with Gasteiger partial charge >= 0.3 is 0 Å². The minimum atomic E-state index is -0.634. The first-order chi connectivity index (χ1) is 18.7. The van der Waals surface area contributed by atoms with E-state index in [0.29, 0.717) is 54.6 Å². The highest BCUT2D eigenvalue weighted by atomic mass is 16.7. The topological polar surface area (TPSA) is 133 Å². The highest BCUT2D eigenvalue weighted by molar-refractivity contribution is 5.83. The molecule has 12 nitrogen and oxygen atoms in total. The van der Waals surface area contributed by atoms with Gasteiger partial charge in [0, 0.05) is 43.1 Å². The Kier molecular flexibility index (Phi) is 6.54. The second kappa shape index (κ2) is 10.4. The Bertz CT molecular complexity index is 1580. The Balaban J connectivity index is 1.51. The van der Waals surface area contributed by atoms with Crippen molar-refractivity contribution in [1.82, 2.24) is 35.1 Å². The number of aromatic nitrogens is 6. The number of nitrogens with zero attached hydrogens (tertiary/aromatic N) is 6. The van der Waals surface area contributed by atoms with Crippen LogP contribution in [0.1, 0.15) is 28.8 Å². The van der Waals surface area contributed by atoms with E-state index < -0.39 is 6.04 Å². The van der Waals surface area contributed by atoms with Crippen molar-refractivity contribution in [2.45, 2.75) is 25.7 Å². The molecule has 0 aliphatic carbocycles. The van der Waals surface area contributed by atoms with Crippen molar-refractivity contribution in [2.75, 3.05) is 20.5 Å². The summed E-state index contributed by atoms with van der Waals surface area (Å²) in [7, 11) is 1.62. The third-order valence-electron chi connectivity index (χ3n) is 6.38. The lowest BCUT2D eigenvalue weighted by Crippen LogP contribution is -2.35. The van der Waals surface area contributed by atoms with E-state index in [2.05, 4.69) is 30.4 Å². The Morgan fingerprint density at radius 2 is 2.05 bits per heavy atom. The molecule has 6 rings (SSSR count). The van der Waals surface area contributed by atoms with Crippen LogP contribution in [0.15, 0.2) is 70.3 Å². The molecule has 0 saturated heterocycles. The van der Waals surface area contributed by atoms with Crippen molar-refractivity contribution in [3.63, 3.8) is 0 Å². The average Bonchev–Trinajstić information content (AvgIpc) is 3.70. The fourth-order valence-corrected chi connectivity index (χ4v) is 4.63. The average molecular weight is 516 g/mol. The normalized spacial score (nSPS) is 13.4. The van der Waals surface area contributed by atoms with Crippen LogP contribution >= 0.6 is 0 Å². The lowest BCUT2D eigenvalue weighted by atomic mass is 10.0. The molecule has 0 fully saturated rings. The van der Waals surface area contributed by atoms with Gasteiger partial charge in [-0.3, -0.25) is 14.7 Å². The van der Waals surface area contributed by atoms with Crippen LogP contribution in [-0.2, 0) is 24.4 Å². The largest absolute Gasteiger partial charge is 0.468 e. The number of methoxy groups -OCH3 is 1. The van der Waals surface area contributed by atoms with Crippen LogP contribution in [0.2, 0.25) is 0 Å². The van der Waals surface area contributed by atoms with E-state index >= 15 is 0 Å². The number of H-pyrrole nitrogens is 1. The zero-order valence-electron chi connectivity index (χ0n) is 20.6. The molecule has 0 saturated carbocycles. The standard InChI is InChI=1S/C26H25N7O5/c1-35-9-7-33-25(29-30-31-33)24(32(15-19-5-3-8-36-19)14-17-4-2-6-27-13-17)20-10-18-11-22-23(38-16-37-22)12-21(18)28-26(20)34/h2-6,8,10-13,24H,7,9,14-16H2,1H3,(H,28,34)/t24-/m1/s1. The van der Waals surface area contributed by atoms with Crippen LogP contribution in [0.4, 0.5) is 0 Å². The zero-order valence-corrected chi connectivity index (χ0v) is 20.6. The number of nitrogens with one attached hydrogen (secondary N) is 1. The molecule has 1 N–H and O–H groups in total. The summed E-state index contributed by atoms with van der Waals surface area (Å²) in [6.07, 6.45) is 5.15. The molecule has 38 heavy (non-hydrogen) atoms. The fraction of sp³-hybridized carbons (Fsp3) is 0.269. The molecule has 194 valence electrons. The van der Waals surface area contributed by atoms with E-state index in [4.69, 9.17) is 18.6 Å². The highest BCUT2D eigenvalue weighted by Crippen LogP contribution is 2.36. The Labute approximate surface area is 216 Å². The van der Waals surface area contributed by atoms with Crippen LogP contribution < -0.4 is 15.0 Å². The number of fused-ring (bicyclic) bond motifs is 2.